The molecule has 0 radical (unpaired) electrons. The minimum Gasteiger partial charge on any atom is -0.251 e. The molecule has 5 heteroatoms. The second-order valence-electron chi connectivity index (χ2n) is 1.76. The predicted octanol–water partition coefficient (Wildman–Crippen LogP) is -0.349. The molecule has 1 heterocycles. The van der Waals surface area contributed by atoms with E-state index in [1.165, 1.54) is 6.08 Å². The molecule has 0 aliphatic heterocycles. The van der Waals surface area contributed by atoms with Crippen LogP contribution in [0.25, 0.3) is 0 Å². The molecule has 1 aromatic rings. The van der Waals surface area contributed by atoms with E-state index in [-0.39, 0.29) is 0 Å². The molecule has 0 unspecified atom stereocenters. The predicted molar refractivity (Wildman–Crippen MR) is 32.8 cm³/mol. The average Bonchev–Trinajstić information content (AvgIpc) is 2.31. The molecule has 1 rings (SSSR count). The van der Waals surface area contributed by atoms with Gasteiger partial charge in [-0.2, -0.15) is 4.99 Å². The summed E-state index contributed by atoms with van der Waals surface area (Å²) < 4.78 is 1.56. The van der Waals surface area contributed by atoms with Crippen LogP contribution in [-0.2, 0) is 18.4 Å². The Kier molecular flexibility index (Phi) is 1.92. The van der Waals surface area contributed by atoms with Crippen LogP contribution in [0, 0.1) is 0 Å². The van der Waals surface area contributed by atoms with Gasteiger partial charge in [-0.3, -0.25) is 4.68 Å². The lowest BCUT2D eigenvalue weighted by atomic mass is 10.5. The van der Waals surface area contributed by atoms with Gasteiger partial charge >= 0.3 is 0 Å². The zero-order valence-corrected chi connectivity index (χ0v) is 5.48. The van der Waals surface area contributed by atoms with Crippen molar-refractivity contribution < 1.29 is 4.79 Å². The third-order valence-electron chi connectivity index (χ3n) is 1.11. The topological polar surface area (TPSA) is 60.1 Å². The van der Waals surface area contributed by atoms with Gasteiger partial charge in [-0.05, 0) is 0 Å². The molecule has 0 aliphatic rings. The highest BCUT2D eigenvalue weighted by Crippen LogP contribution is 1.93. The Morgan fingerprint density at radius 1 is 1.90 bits per heavy atom. The van der Waals surface area contributed by atoms with E-state index in [0.717, 1.165) is 5.69 Å². The fourth-order valence-electron chi connectivity index (χ4n) is 0.567. The molecule has 0 fully saturated rings. The van der Waals surface area contributed by atoms with Crippen LogP contribution in [0.3, 0.4) is 0 Å². The summed E-state index contributed by atoms with van der Waals surface area (Å²) in [7, 11) is 1.74. The fourth-order valence-corrected chi connectivity index (χ4v) is 0.567. The summed E-state index contributed by atoms with van der Waals surface area (Å²) in [4.78, 5) is 13.0. The maximum Gasteiger partial charge on any atom is 0.235 e. The number of rotatable bonds is 2. The summed E-state index contributed by atoms with van der Waals surface area (Å²) in [5.74, 6) is 0. The summed E-state index contributed by atoms with van der Waals surface area (Å²) >= 11 is 0. The van der Waals surface area contributed by atoms with E-state index in [0.29, 0.717) is 6.54 Å². The van der Waals surface area contributed by atoms with Gasteiger partial charge in [0.15, 0.2) is 0 Å². The third kappa shape index (κ3) is 1.27. The van der Waals surface area contributed by atoms with E-state index in [4.69, 9.17) is 0 Å². The van der Waals surface area contributed by atoms with Crippen LogP contribution < -0.4 is 0 Å². The van der Waals surface area contributed by atoms with Crippen molar-refractivity contribution in [1.29, 1.82) is 0 Å². The Balaban J connectivity index is 2.74. The van der Waals surface area contributed by atoms with Gasteiger partial charge in [-0.1, -0.05) is 5.21 Å². The Hall–Kier alpha value is -1.48. The van der Waals surface area contributed by atoms with Crippen LogP contribution in [0.4, 0.5) is 0 Å². The standard InChI is InChI=1S/C5H6N4O/c1-9-5(2-6-4-10)3-7-8-9/h3H,2H2,1H3. The lowest BCUT2D eigenvalue weighted by molar-refractivity contribution is 0.562. The van der Waals surface area contributed by atoms with Crippen molar-refractivity contribution >= 4 is 6.08 Å². The van der Waals surface area contributed by atoms with Crippen LogP contribution in [0.15, 0.2) is 11.2 Å². The molecule has 0 N–H and O–H groups in total. The first-order chi connectivity index (χ1) is 4.84. The molecular formula is C5H6N4O. The van der Waals surface area contributed by atoms with Crippen LogP contribution in [-0.4, -0.2) is 21.1 Å². The van der Waals surface area contributed by atoms with Crippen LogP contribution in [0.1, 0.15) is 5.69 Å². The molecule has 52 valence electrons. The Morgan fingerprint density at radius 2 is 2.70 bits per heavy atom. The van der Waals surface area contributed by atoms with Crippen molar-refractivity contribution in [2.75, 3.05) is 0 Å². The first-order valence-corrected chi connectivity index (χ1v) is 2.72. The number of hydrogen-bond acceptors (Lipinski definition) is 4. The van der Waals surface area contributed by atoms with Gasteiger partial charge in [0.2, 0.25) is 6.08 Å². The van der Waals surface area contributed by atoms with Gasteiger partial charge in [-0.15, -0.1) is 5.10 Å². The van der Waals surface area contributed by atoms with Gasteiger partial charge in [0.1, 0.15) is 0 Å². The molecular weight excluding hydrogens is 132 g/mol. The Labute approximate surface area is 57.4 Å². The molecule has 0 aromatic carbocycles. The van der Waals surface area contributed by atoms with E-state index < -0.39 is 0 Å². The maximum absolute atomic E-state index is 9.67. The maximum atomic E-state index is 9.67. The molecule has 0 spiro atoms. The smallest absolute Gasteiger partial charge is 0.235 e. The van der Waals surface area contributed by atoms with Crippen molar-refractivity contribution in [2.45, 2.75) is 6.54 Å². The van der Waals surface area contributed by atoms with Crippen molar-refractivity contribution in [2.24, 2.45) is 12.0 Å². The van der Waals surface area contributed by atoms with Crippen LogP contribution >= 0.6 is 0 Å². The highest BCUT2D eigenvalue weighted by Gasteiger charge is 1.95. The number of carbonyl (C=O) groups excluding carboxylic acids is 1. The quantitative estimate of drug-likeness (QED) is 0.414. The van der Waals surface area contributed by atoms with Crippen molar-refractivity contribution in [1.82, 2.24) is 15.0 Å². The van der Waals surface area contributed by atoms with Gasteiger partial charge in [0.25, 0.3) is 0 Å². The molecule has 0 bridgehead atoms. The van der Waals surface area contributed by atoms with Crippen molar-refractivity contribution in [3.63, 3.8) is 0 Å². The Morgan fingerprint density at radius 3 is 3.20 bits per heavy atom. The molecule has 0 saturated heterocycles. The second-order valence-corrected chi connectivity index (χ2v) is 1.76. The van der Waals surface area contributed by atoms with Crippen LogP contribution in [0.2, 0.25) is 0 Å². The summed E-state index contributed by atoms with van der Waals surface area (Å²) in [6.45, 7) is 0.299. The number of aryl methyl sites for hydroxylation is 1. The Bertz CT molecular complexity index is 260. The summed E-state index contributed by atoms with van der Waals surface area (Å²) in [6, 6.07) is 0. The lowest BCUT2D eigenvalue weighted by Gasteiger charge is -1.90. The number of aromatic nitrogens is 3. The summed E-state index contributed by atoms with van der Waals surface area (Å²) in [6.07, 6.45) is 3.00. The first kappa shape index (κ1) is 6.64. The minimum absolute atomic E-state index is 0.299. The zero-order valence-electron chi connectivity index (χ0n) is 5.48. The van der Waals surface area contributed by atoms with Gasteiger partial charge in [0, 0.05) is 7.05 Å². The van der Waals surface area contributed by atoms with E-state index >= 15 is 0 Å². The first-order valence-electron chi connectivity index (χ1n) is 2.72. The molecule has 1 aromatic heterocycles. The monoisotopic (exact) mass is 138 g/mol. The van der Waals surface area contributed by atoms with Gasteiger partial charge in [-0.25, -0.2) is 4.79 Å². The second kappa shape index (κ2) is 2.89. The summed E-state index contributed by atoms with van der Waals surface area (Å²) in [5, 5.41) is 7.24. The van der Waals surface area contributed by atoms with Crippen molar-refractivity contribution in [3.05, 3.63) is 11.9 Å². The SMILES string of the molecule is Cn1nncc1CN=C=O. The van der Waals surface area contributed by atoms with Gasteiger partial charge in [0.05, 0.1) is 18.4 Å². The van der Waals surface area contributed by atoms with E-state index in [1.807, 2.05) is 0 Å². The van der Waals surface area contributed by atoms with Crippen molar-refractivity contribution in [3.8, 4) is 0 Å². The summed E-state index contributed by atoms with van der Waals surface area (Å²) in [5.41, 5.74) is 0.795. The largest absolute Gasteiger partial charge is 0.251 e. The number of hydrogen-bond donors (Lipinski definition) is 0. The highest BCUT2D eigenvalue weighted by atomic mass is 16.1. The zero-order chi connectivity index (χ0) is 7.40. The number of isocyanates is 1. The molecule has 5 nitrogen and oxygen atoms in total. The average molecular weight is 138 g/mol. The number of nitrogens with zero attached hydrogens (tertiary/aromatic N) is 4. The van der Waals surface area contributed by atoms with E-state index in [9.17, 15) is 4.79 Å². The molecule has 0 aliphatic carbocycles. The highest BCUT2D eigenvalue weighted by molar-refractivity contribution is 5.33. The lowest BCUT2D eigenvalue weighted by Crippen LogP contribution is -1.96. The molecule has 0 atom stereocenters. The third-order valence-corrected chi connectivity index (χ3v) is 1.11. The molecule has 10 heavy (non-hydrogen) atoms. The van der Waals surface area contributed by atoms with E-state index in [2.05, 4.69) is 15.3 Å². The minimum atomic E-state index is 0.299. The normalized spacial score (nSPS) is 8.90. The van der Waals surface area contributed by atoms with Crippen LogP contribution in [0.5, 0.6) is 0 Å². The molecule has 0 amide bonds. The fraction of sp³-hybridized carbons (Fsp3) is 0.400. The van der Waals surface area contributed by atoms with E-state index in [1.54, 1.807) is 17.9 Å². The van der Waals surface area contributed by atoms with Gasteiger partial charge < -0.3 is 0 Å². The number of aliphatic imine (C=N–C) groups is 1. The molecule has 0 saturated carbocycles.